The molecule has 0 radical (unpaired) electrons. The predicted molar refractivity (Wildman–Crippen MR) is 76.1 cm³/mol. The Morgan fingerprint density at radius 3 is 2.85 bits per heavy atom. The summed E-state index contributed by atoms with van der Waals surface area (Å²) in [4.78, 5) is 0. The van der Waals surface area contributed by atoms with E-state index >= 15 is 0 Å². The first-order valence-electron chi connectivity index (χ1n) is 6.72. The smallest absolute Gasteiger partial charge is 0.187 e. The first-order chi connectivity index (χ1) is 9.53. The normalized spacial score (nSPS) is 19.9. The Morgan fingerprint density at radius 1 is 1.45 bits per heavy atom. The zero-order chi connectivity index (χ0) is 14.3. The number of aromatic nitrogens is 4. The molecule has 1 atom stereocenters. The number of hydrogen-bond acceptors (Lipinski definition) is 5. The second-order valence-electron chi connectivity index (χ2n) is 6.00. The second kappa shape index (κ2) is 4.47. The summed E-state index contributed by atoms with van der Waals surface area (Å²) in [6.45, 7) is 5.34. The average molecular weight is 273 g/mol. The maximum absolute atomic E-state index is 6.07. The van der Waals surface area contributed by atoms with Crippen molar-refractivity contribution in [2.45, 2.75) is 26.8 Å². The monoisotopic (exact) mass is 273 g/mol. The number of methoxy groups -OCH3 is 1. The van der Waals surface area contributed by atoms with Gasteiger partial charge in [-0.3, -0.25) is 0 Å². The van der Waals surface area contributed by atoms with Crippen LogP contribution in [0.15, 0.2) is 18.2 Å². The Balaban J connectivity index is 1.98. The number of ether oxygens (including phenoxy) is 1. The molecule has 1 aliphatic carbocycles. The molecule has 1 aliphatic rings. The van der Waals surface area contributed by atoms with Crippen molar-refractivity contribution in [1.82, 2.24) is 20.2 Å². The number of nitrogens with zero attached hydrogens (tertiary/aromatic N) is 4. The average Bonchev–Trinajstić information content (AvgIpc) is 2.82. The molecule has 0 saturated heterocycles. The molecule has 6 heteroatoms. The molecular weight excluding hydrogens is 254 g/mol. The molecule has 0 bridgehead atoms. The van der Waals surface area contributed by atoms with Crippen LogP contribution in [-0.2, 0) is 6.54 Å². The lowest BCUT2D eigenvalue weighted by atomic mass is 10.1. The molecule has 1 unspecified atom stereocenters. The fraction of sp³-hybridized carbons (Fsp3) is 0.500. The summed E-state index contributed by atoms with van der Waals surface area (Å²) in [7, 11) is 1.62. The minimum absolute atomic E-state index is 0.384. The van der Waals surface area contributed by atoms with Gasteiger partial charge < -0.3 is 10.5 Å². The fourth-order valence-corrected chi connectivity index (χ4v) is 2.56. The van der Waals surface area contributed by atoms with Crippen molar-refractivity contribution >= 4 is 5.69 Å². The van der Waals surface area contributed by atoms with Gasteiger partial charge in [0.1, 0.15) is 5.75 Å². The molecule has 1 aromatic carbocycles. The number of hydrogen-bond donors (Lipinski definition) is 1. The minimum atomic E-state index is 0.384. The van der Waals surface area contributed by atoms with Crippen LogP contribution < -0.4 is 10.5 Å². The third-order valence-corrected chi connectivity index (χ3v) is 4.14. The zero-order valence-corrected chi connectivity index (χ0v) is 12.0. The van der Waals surface area contributed by atoms with E-state index in [4.69, 9.17) is 10.5 Å². The Bertz CT molecular complexity index is 634. The van der Waals surface area contributed by atoms with Gasteiger partial charge in [0.2, 0.25) is 0 Å². The van der Waals surface area contributed by atoms with Crippen molar-refractivity contribution in [3.8, 4) is 17.1 Å². The van der Waals surface area contributed by atoms with Crippen molar-refractivity contribution in [1.29, 1.82) is 0 Å². The summed E-state index contributed by atoms with van der Waals surface area (Å²) in [6.07, 6.45) is 1.20. The molecule has 20 heavy (non-hydrogen) atoms. The summed E-state index contributed by atoms with van der Waals surface area (Å²) in [5, 5.41) is 12.0. The van der Waals surface area contributed by atoms with Crippen molar-refractivity contribution in [2.24, 2.45) is 11.3 Å². The van der Waals surface area contributed by atoms with E-state index in [1.165, 1.54) is 6.42 Å². The van der Waals surface area contributed by atoms with Gasteiger partial charge in [-0.1, -0.05) is 19.9 Å². The van der Waals surface area contributed by atoms with E-state index in [0.29, 0.717) is 28.6 Å². The Hall–Kier alpha value is -2.11. The predicted octanol–water partition coefficient (Wildman–Crippen LogP) is 1.98. The summed E-state index contributed by atoms with van der Waals surface area (Å²) in [6, 6.07) is 5.56. The van der Waals surface area contributed by atoms with Gasteiger partial charge in [-0.2, -0.15) is 0 Å². The van der Waals surface area contributed by atoms with Gasteiger partial charge in [-0.25, -0.2) is 4.68 Å². The van der Waals surface area contributed by atoms with E-state index < -0.39 is 0 Å². The lowest BCUT2D eigenvalue weighted by Crippen LogP contribution is -2.09. The first kappa shape index (κ1) is 12.9. The number of nitrogens with two attached hydrogens (primary N) is 1. The molecule has 6 nitrogen and oxygen atoms in total. The highest BCUT2D eigenvalue weighted by atomic mass is 16.5. The van der Waals surface area contributed by atoms with E-state index in [0.717, 1.165) is 12.1 Å². The Morgan fingerprint density at radius 2 is 2.20 bits per heavy atom. The molecule has 3 rings (SSSR count). The van der Waals surface area contributed by atoms with Crippen LogP contribution in [0.25, 0.3) is 11.4 Å². The third-order valence-electron chi connectivity index (χ3n) is 4.14. The van der Waals surface area contributed by atoms with Crippen molar-refractivity contribution in [3.05, 3.63) is 18.2 Å². The number of rotatable bonds is 4. The van der Waals surface area contributed by atoms with Gasteiger partial charge in [0.05, 0.1) is 12.7 Å². The zero-order valence-electron chi connectivity index (χ0n) is 12.0. The van der Waals surface area contributed by atoms with E-state index in [9.17, 15) is 0 Å². The lowest BCUT2D eigenvalue weighted by Gasteiger charge is -2.11. The van der Waals surface area contributed by atoms with Crippen LogP contribution in [0.5, 0.6) is 5.75 Å². The van der Waals surface area contributed by atoms with Crippen LogP contribution in [0, 0.1) is 11.3 Å². The summed E-state index contributed by atoms with van der Waals surface area (Å²) >= 11 is 0. The summed E-state index contributed by atoms with van der Waals surface area (Å²) < 4.78 is 7.20. The summed E-state index contributed by atoms with van der Waals surface area (Å²) in [5.74, 6) is 1.97. The van der Waals surface area contributed by atoms with Crippen LogP contribution >= 0.6 is 0 Å². The Kier molecular flexibility index (Phi) is 2.88. The van der Waals surface area contributed by atoms with Crippen LogP contribution in [0.1, 0.15) is 20.3 Å². The van der Waals surface area contributed by atoms with Crippen molar-refractivity contribution in [3.63, 3.8) is 0 Å². The molecule has 0 aliphatic heterocycles. The molecule has 0 amide bonds. The molecule has 0 spiro atoms. The highest BCUT2D eigenvalue weighted by Gasteiger charge is 2.46. The standard InChI is InChI=1S/C14H19N5O/c1-14(2)7-9(14)8-19-13(16-17-18-19)12-10(15)5-4-6-11(12)20-3/h4-6,9H,7-8,15H2,1-3H3. The molecule has 1 fully saturated rings. The SMILES string of the molecule is COc1cccc(N)c1-c1nnnn1CC1CC1(C)C. The molecule has 2 aromatic rings. The summed E-state index contributed by atoms with van der Waals surface area (Å²) in [5.41, 5.74) is 7.84. The molecule has 2 N–H and O–H groups in total. The highest BCUT2D eigenvalue weighted by molar-refractivity contribution is 5.77. The second-order valence-corrected chi connectivity index (χ2v) is 6.00. The van der Waals surface area contributed by atoms with Crippen LogP contribution in [-0.4, -0.2) is 27.3 Å². The van der Waals surface area contributed by atoms with Gasteiger partial charge in [-0.15, -0.1) is 5.10 Å². The largest absolute Gasteiger partial charge is 0.496 e. The van der Waals surface area contributed by atoms with Gasteiger partial charge in [-0.05, 0) is 40.3 Å². The van der Waals surface area contributed by atoms with Crippen LogP contribution in [0.3, 0.4) is 0 Å². The topological polar surface area (TPSA) is 78.8 Å². The third kappa shape index (κ3) is 2.11. The number of anilines is 1. The lowest BCUT2D eigenvalue weighted by molar-refractivity contribution is 0.415. The maximum atomic E-state index is 6.07. The molecular formula is C14H19N5O. The number of benzene rings is 1. The molecule has 106 valence electrons. The van der Waals surface area contributed by atoms with Gasteiger partial charge in [0.15, 0.2) is 5.82 Å². The van der Waals surface area contributed by atoms with Gasteiger partial charge >= 0.3 is 0 Å². The van der Waals surface area contributed by atoms with E-state index in [-0.39, 0.29) is 0 Å². The minimum Gasteiger partial charge on any atom is -0.496 e. The van der Waals surface area contributed by atoms with E-state index in [1.807, 2.05) is 22.9 Å². The number of tetrazole rings is 1. The fourth-order valence-electron chi connectivity index (χ4n) is 2.56. The number of nitrogen functional groups attached to an aromatic ring is 1. The molecule has 1 aromatic heterocycles. The van der Waals surface area contributed by atoms with Gasteiger partial charge in [0.25, 0.3) is 0 Å². The van der Waals surface area contributed by atoms with E-state index in [2.05, 4.69) is 29.4 Å². The van der Waals surface area contributed by atoms with Crippen LogP contribution in [0.4, 0.5) is 5.69 Å². The molecule has 1 heterocycles. The first-order valence-corrected chi connectivity index (χ1v) is 6.72. The highest BCUT2D eigenvalue weighted by Crippen LogP contribution is 2.52. The van der Waals surface area contributed by atoms with Crippen LogP contribution in [0.2, 0.25) is 0 Å². The molecule has 1 saturated carbocycles. The van der Waals surface area contributed by atoms with Crippen molar-refractivity contribution in [2.75, 3.05) is 12.8 Å². The maximum Gasteiger partial charge on any atom is 0.187 e. The van der Waals surface area contributed by atoms with E-state index in [1.54, 1.807) is 7.11 Å². The quantitative estimate of drug-likeness (QED) is 0.862. The Labute approximate surface area is 117 Å². The van der Waals surface area contributed by atoms with Crippen molar-refractivity contribution < 1.29 is 4.74 Å². The van der Waals surface area contributed by atoms with Gasteiger partial charge in [0, 0.05) is 12.2 Å².